The molecule has 0 saturated carbocycles. The summed E-state index contributed by atoms with van der Waals surface area (Å²) >= 11 is 0. The Kier molecular flexibility index (Phi) is 5.37. The first-order chi connectivity index (χ1) is 14.3. The number of imidazole rings is 1. The SMILES string of the molecule is COc1ncnc2ccc(N3CCN(S(=O)(=O)c4cn(C)c(C(C)C)n4)CC3)cc12. The number of fused-ring (bicyclic) bond motifs is 1. The molecule has 0 aliphatic carbocycles. The van der Waals surface area contributed by atoms with Gasteiger partial charge in [-0.05, 0) is 18.2 Å². The van der Waals surface area contributed by atoms with Crippen molar-refractivity contribution in [1.29, 1.82) is 0 Å². The highest BCUT2D eigenvalue weighted by Gasteiger charge is 2.31. The molecule has 0 radical (unpaired) electrons. The second-order valence-electron chi connectivity index (χ2n) is 7.68. The summed E-state index contributed by atoms with van der Waals surface area (Å²) in [6.45, 7) is 5.98. The van der Waals surface area contributed by atoms with Gasteiger partial charge in [0.05, 0.1) is 18.0 Å². The van der Waals surface area contributed by atoms with E-state index in [1.54, 1.807) is 17.9 Å². The minimum absolute atomic E-state index is 0.120. The van der Waals surface area contributed by atoms with Crippen LogP contribution < -0.4 is 9.64 Å². The highest BCUT2D eigenvalue weighted by atomic mass is 32.2. The third-order valence-electron chi connectivity index (χ3n) is 5.39. The smallest absolute Gasteiger partial charge is 0.262 e. The Balaban J connectivity index is 1.52. The Hall–Kier alpha value is -2.72. The first-order valence-corrected chi connectivity index (χ1v) is 11.3. The molecule has 0 unspecified atom stereocenters. The van der Waals surface area contributed by atoms with Gasteiger partial charge in [-0.3, -0.25) is 0 Å². The van der Waals surface area contributed by atoms with Crippen molar-refractivity contribution in [3.8, 4) is 5.88 Å². The standard InChI is InChI=1S/C20H26N6O3S/c1-14(2)19-23-18(12-24(19)3)30(27,28)26-9-7-25(8-10-26)15-5-6-17-16(11-15)20(29-4)22-13-21-17/h5-6,11-14H,7-10H2,1-4H3. The van der Waals surface area contributed by atoms with Crippen molar-refractivity contribution in [2.75, 3.05) is 38.2 Å². The topological polar surface area (TPSA) is 93.5 Å². The third-order valence-corrected chi connectivity index (χ3v) is 7.16. The summed E-state index contributed by atoms with van der Waals surface area (Å²) in [5.41, 5.74) is 1.80. The number of piperazine rings is 1. The van der Waals surface area contributed by atoms with Gasteiger partial charge in [-0.15, -0.1) is 0 Å². The maximum Gasteiger partial charge on any atom is 0.262 e. The summed E-state index contributed by atoms with van der Waals surface area (Å²) in [6, 6.07) is 5.91. The molecule has 0 spiro atoms. The molecule has 1 aliphatic heterocycles. The van der Waals surface area contributed by atoms with Crippen molar-refractivity contribution in [2.24, 2.45) is 7.05 Å². The number of hydrogen-bond donors (Lipinski definition) is 0. The van der Waals surface area contributed by atoms with Crippen LogP contribution in [0.4, 0.5) is 5.69 Å². The van der Waals surface area contributed by atoms with Crippen LogP contribution >= 0.6 is 0 Å². The molecular formula is C20H26N6O3S. The van der Waals surface area contributed by atoms with Crippen LogP contribution in [0, 0.1) is 0 Å². The summed E-state index contributed by atoms with van der Waals surface area (Å²) in [4.78, 5) is 15.0. The molecule has 1 aliphatic rings. The predicted molar refractivity (Wildman–Crippen MR) is 114 cm³/mol. The molecule has 1 fully saturated rings. The average molecular weight is 431 g/mol. The molecule has 30 heavy (non-hydrogen) atoms. The van der Waals surface area contributed by atoms with E-state index in [1.807, 2.05) is 39.1 Å². The van der Waals surface area contributed by atoms with Gasteiger partial charge in [0.1, 0.15) is 12.2 Å². The Labute approximate surface area is 176 Å². The minimum Gasteiger partial charge on any atom is -0.480 e. The van der Waals surface area contributed by atoms with E-state index in [0.717, 1.165) is 22.4 Å². The average Bonchev–Trinajstić information content (AvgIpc) is 3.16. The first-order valence-electron chi connectivity index (χ1n) is 9.88. The van der Waals surface area contributed by atoms with Crippen LogP contribution in [0.2, 0.25) is 0 Å². The molecular weight excluding hydrogens is 404 g/mol. The summed E-state index contributed by atoms with van der Waals surface area (Å²) in [5, 5.41) is 0.956. The van der Waals surface area contributed by atoms with Gasteiger partial charge >= 0.3 is 0 Å². The molecule has 1 aromatic carbocycles. The lowest BCUT2D eigenvalue weighted by Crippen LogP contribution is -2.48. The number of anilines is 1. The Bertz CT molecular complexity index is 1170. The lowest BCUT2D eigenvalue weighted by molar-refractivity contribution is 0.383. The molecule has 0 amide bonds. The zero-order valence-electron chi connectivity index (χ0n) is 17.6. The second-order valence-corrected chi connectivity index (χ2v) is 9.56. The van der Waals surface area contributed by atoms with E-state index in [9.17, 15) is 8.42 Å². The summed E-state index contributed by atoms with van der Waals surface area (Å²) in [6.07, 6.45) is 3.08. The third kappa shape index (κ3) is 3.61. The number of methoxy groups -OCH3 is 1. The summed E-state index contributed by atoms with van der Waals surface area (Å²) < 4.78 is 34.8. The zero-order chi connectivity index (χ0) is 21.5. The van der Waals surface area contributed by atoms with Crippen LogP contribution in [0.1, 0.15) is 25.6 Å². The highest BCUT2D eigenvalue weighted by Crippen LogP contribution is 2.28. The van der Waals surface area contributed by atoms with E-state index in [1.165, 1.54) is 10.6 Å². The van der Waals surface area contributed by atoms with Crippen LogP contribution in [0.25, 0.3) is 10.9 Å². The van der Waals surface area contributed by atoms with E-state index in [2.05, 4.69) is 19.9 Å². The molecule has 0 N–H and O–H groups in total. The van der Waals surface area contributed by atoms with Crippen molar-refractivity contribution >= 4 is 26.6 Å². The number of rotatable bonds is 5. The summed E-state index contributed by atoms with van der Waals surface area (Å²) in [7, 11) is -0.199. The summed E-state index contributed by atoms with van der Waals surface area (Å²) in [5.74, 6) is 1.45. The fourth-order valence-corrected chi connectivity index (χ4v) is 5.22. The van der Waals surface area contributed by atoms with Gasteiger partial charge in [0, 0.05) is 51.0 Å². The van der Waals surface area contributed by atoms with Gasteiger partial charge in [0.2, 0.25) is 5.88 Å². The lowest BCUT2D eigenvalue weighted by Gasteiger charge is -2.35. The van der Waals surface area contributed by atoms with E-state index in [4.69, 9.17) is 4.74 Å². The van der Waals surface area contributed by atoms with Gasteiger partial charge in [-0.25, -0.2) is 23.4 Å². The highest BCUT2D eigenvalue weighted by molar-refractivity contribution is 7.89. The molecule has 3 heterocycles. The van der Waals surface area contributed by atoms with E-state index >= 15 is 0 Å². The van der Waals surface area contributed by atoms with Gasteiger partial charge in [0.15, 0.2) is 5.03 Å². The van der Waals surface area contributed by atoms with Gasteiger partial charge in [-0.1, -0.05) is 13.8 Å². The van der Waals surface area contributed by atoms with Gasteiger partial charge < -0.3 is 14.2 Å². The monoisotopic (exact) mass is 430 g/mol. The normalized spacial score (nSPS) is 15.8. The molecule has 3 aromatic rings. The fraction of sp³-hybridized carbons (Fsp3) is 0.450. The number of aromatic nitrogens is 4. The Morgan fingerprint density at radius 2 is 1.83 bits per heavy atom. The van der Waals surface area contributed by atoms with Crippen molar-refractivity contribution < 1.29 is 13.2 Å². The van der Waals surface area contributed by atoms with Crippen molar-refractivity contribution in [2.45, 2.75) is 24.8 Å². The lowest BCUT2D eigenvalue weighted by atomic mass is 10.2. The number of ether oxygens (including phenoxy) is 1. The van der Waals surface area contributed by atoms with Gasteiger partial charge in [0.25, 0.3) is 10.0 Å². The van der Waals surface area contributed by atoms with Crippen LogP contribution in [0.5, 0.6) is 5.88 Å². The van der Waals surface area contributed by atoms with Crippen molar-refractivity contribution in [1.82, 2.24) is 23.8 Å². The largest absolute Gasteiger partial charge is 0.480 e. The van der Waals surface area contributed by atoms with E-state index in [-0.39, 0.29) is 10.9 Å². The predicted octanol–water partition coefficient (Wildman–Crippen LogP) is 2.01. The maximum atomic E-state index is 13.1. The maximum absolute atomic E-state index is 13.1. The minimum atomic E-state index is -3.61. The van der Waals surface area contributed by atoms with Gasteiger partial charge in [-0.2, -0.15) is 4.31 Å². The van der Waals surface area contributed by atoms with Crippen molar-refractivity contribution in [3.63, 3.8) is 0 Å². The van der Waals surface area contributed by atoms with E-state index < -0.39 is 10.0 Å². The van der Waals surface area contributed by atoms with Crippen LogP contribution in [0.15, 0.2) is 35.7 Å². The van der Waals surface area contributed by atoms with Crippen molar-refractivity contribution in [3.05, 3.63) is 36.5 Å². The first kappa shape index (κ1) is 20.5. The molecule has 0 atom stereocenters. The molecule has 10 heteroatoms. The van der Waals surface area contributed by atoms with E-state index in [0.29, 0.717) is 32.1 Å². The quantitative estimate of drug-likeness (QED) is 0.611. The molecule has 2 aromatic heterocycles. The number of hydrogen-bond acceptors (Lipinski definition) is 7. The molecule has 0 bridgehead atoms. The van der Waals surface area contributed by atoms with Crippen LogP contribution in [-0.2, 0) is 17.1 Å². The molecule has 1 saturated heterocycles. The Morgan fingerprint density at radius 3 is 2.47 bits per heavy atom. The Morgan fingerprint density at radius 1 is 1.10 bits per heavy atom. The molecule has 160 valence electrons. The molecule has 9 nitrogen and oxygen atoms in total. The molecule has 4 rings (SSSR count). The second kappa shape index (κ2) is 7.84. The number of benzene rings is 1. The number of sulfonamides is 1. The number of aryl methyl sites for hydroxylation is 1. The zero-order valence-corrected chi connectivity index (χ0v) is 18.4. The van der Waals surface area contributed by atoms with Crippen LogP contribution in [-0.4, -0.2) is 65.5 Å². The fourth-order valence-electron chi connectivity index (χ4n) is 3.81. The van der Waals surface area contributed by atoms with Crippen LogP contribution in [0.3, 0.4) is 0 Å². The number of nitrogens with zero attached hydrogens (tertiary/aromatic N) is 6.